The number of nitrogens with one attached hydrogen (secondary N) is 1. The SMILES string of the molecule is C=CCOC12Oc3ccc(OC(=O)NCC)cc3C3C(CCCCO)C(CCCCO)C=C(C(=NOC(C)(C)C)CC1N(Cc1ccc4c(c1)OCO4)C(=O)C=Cc1ccc([N+](=O)[O-])cc1)C32. The molecule has 3 aromatic carbocycles. The summed E-state index contributed by atoms with van der Waals surface area (Å²) in [6.45, 7) is 12.2. The van der Waals surface area contributed by atoms with E-state index in [-0.39, 0.29) is 63.0 Å². The van der Waals surface area contributed by atoms with Crippen molar-refractivity contribution in [2.45, 2.75) is 103 Å². The molecule has 16 heteroatoms. The Morgan fingerprint density at radius 1 is 1.00 bits per heavy atom. The first-order valence-corrected chi connectivity index (χ1v) is 23.1. The summed E-state index contributed by atoms with van der Waals surface area (Å²) >= 11 is 0. The Hall–Kier alpha value is -6.23. The zero-order valence-corrected chi connectivity index (χ0v) is 38.7. The van der Waals surface area contributed by atoms with Crippen molar-refractivity contribution in [3.63, 3.8) is 0 Å². The van der Waals surface area contributed by atoms with Gasteiger partial charge >= 0.3 is 6.09 Å². The lowest BCUT2D eigenvalue weighted by molar-refractivity contribution is -0.384. The van der Waals surface area contributed by atoms with Crippen LogP contribution in [-0.4, -0.2) is 88.3 Å². The molecule has 0 bridgehead atoms. The van der Waals surface area contributed by atoms with E-state index >= 15 is 4.79 Å². The number of aliphatic hydroxyl groups is 2. The number of amides is 2. The smallest absolute Gasteiger partial charge is 0.412 e. The van der Waals surface area contributed by atoms with Crippen LogP contribution in [0.1, 0.15) is 95.2 Å². The molecule has 3 aromatic rings. The fourth-order valence-electron chi connectivity index (χ4n) is 9.74. The standard InChI is InChI=1S/C51H62N4O12/c1-6-26-64-51-45(54(31-34-16-21-43-44(27-34)63-32-62-43)46(58)23-17-33-14-18-36(19-15-33)55(60)61)30-41(53-67-50(3,4)5)39-28-35(12-8-10-24-56)38(13-9-11-25-57)47(48(39)51)40-29-37(20-22-42(40)66-51)65-49(59)52-7-2/h6,14-23,27-29,35,38,45,47-48,56-57H,1,7-13,24-26,30-32H2,2-5H3,(H,52,59). The van der Waals surface area contributed by atoms with Gasteiger partial charge in [-0.25, -0.2) is 4.79 Å². The maximum Gasteiger partial charge on any atom is 0.412 e. The zero-order valence-electron chi connectivity index (χ0n) is 38.7. The van der Waals surface area contributed by atoms with Crippen LogP contribution in [0.25, 0.3) is 6.08 Å². The van der Waals surface area contributed by atoms with Gasteiger partial charge < -0.3 is 49.0 Å². The summed E-state index contributed by atoms with van der Waals surface area (Å²) in [7, 11) is 0. The Morgan fingerprint density at radius 3 is 2.43 bits per heavy atom. The number of benzene rings is 3. The second kappa shape index (κ2) is 21.6. The second-order valence-electron chi connectivity index (χ2n) is 18.2. The van der Waals surface area contributed by atoms with Gasteiger partial charge in [-0.15, -0.1) is 6.58 Å². The van der Waals surface area contributed by atoms with E-state index in [1.54, 1.807) is 41.3 Å². The quantitative estimate of drug-likeness (QED) is 0.0321. The number of unbranched alkanes of at least 4 members (excludes halogenated alkanes) is 2. The molecule has 358 valence electrons. The molecule has 3 N–H and O–H groups in total. The van der Waals surface area contributed by atoms with Crippen molar-refractivity contribution in [1.29, 1.82) is 0 Å². The van der Waals surface area contributed by atoms with Crippen molar-refractivity contribution in [3.8, 4) is 23.0 Å². The molecule has 0 saturated heterocycles. The molecule has 0 spiro atoms. The minimum Gasteiger partial charge on any atom is -0.459 e. The summed E-state index contributed by atoms with van der Waals surface area (Å²) in [6, 6.07) is 15.9. The Kier molecular flexibility index (Phi) is 15.7. The Bertz CT molecular complexity index is 2360. The number of carbonyl (C=O) groups excluding carboxylic acids is 2. The molecule has 2 aliphatic carbocycles. The first kappa shape index (κ1) is 48.7. The number of hydrogen-bond acceptors (Lipinski definition) is 13. The van der Waals surface area contributed by atoms with E-state index in [9.17, 15) is 25.1 Å². The van der Waals surface area contributed by atoms with Gasteiger partial charge in [-0.3, -0.25) is 14.9 Å². The lowest BCUT2D eigenvalue weighted by Gasteiger charge is -2.60. The maximum atomic E-state index is 15.2. The van der Waals surface area contributed by atoms with E-state index in [1.165, 1.54) is 18.2 Å². The third kappa shape index (κ3) is 11.1. The van der Waals surface area contributed by atoms with Gasteiger partial charge in [0.25, 0.3) is 5.69 Å². The Morgan fingerprint density at radius 2 is 1.73 bits per heavy atom. The van der Waals surface area contributed by atoms with Crippen molar-refractivity contribution in [3.05, 3.63) is 118 Å². The van der Waals surface area contributed by atoms with Crippen LogP contribution in [0.15, 0.2) is 96.2 Å². The van der Waals surface area contributed by atoms with Crippen molar-refractivity contribution >= 4 is 29.5 Å². The summed E-state index contributed by atoms with van der Waals surface area (Å²) < 4.78 is 31.7. The van der Waals surface area contributed by atoms with Gasteiger partial charge in [-0.1, -0.05) is 36.2 Å². The highest BCUT2D eigenvalue weighted by Crippen LogP contribution is 2.62. The molecular weight excluding hydrogens is 861 g/mol. The molecule has 67 heavy (non-hydrogen) atoms. The maximum absolute atomic E-state index is 15.2. The first-order valence-electron chi connectivity index (χ1n) is 23.1. The summed E-state index contributed by atoms with van der Waals surface area (Å²) in [5.74, 6) is -1.14. The number of fused-ring (bicyclic) bond motifs is 3. The van der Waals surface area contributed by atoms with Crippen molar-refractivity contribution in [1.82, 2.24) is 10.2 Å². The van der Waals surface area contributed by atoms with Crippen LogP contribution in [0.4, 0.5) is 10.5 Å². The number of carbonyl (C=O) groups is 2. The molecule has 6 unspecified atom stereocenters. The van der Waals surface area contributed by atoms with Crippen molar-refractivity contribution < 1.29 is 53.2 Å². The van der Waals surface area contributed by atoms with E-state index in [0.29, 0.717) is 60.1 Å². The highest BCUT2D eigenvalue weighted by Gasteiger charge is 2.65. The van der Waals surface area contributed by atoms with E-state index in [1.807, 2.05) is 52.0 Å². The third-order valence-corrected chi connectivity index (χ3v) is 12.6. The monoisotopic (exact) mass is 922 g/mol. The predicted octanol–water partition coefficient (Wildman–Crippen LogP) is 8.61. The first-order chi connectivity index (χ1) is 32.3. The van der Waals surface area contributed by atoms with E-state index in [4.69, 9.17) is 33.7 Å². The average molecular weight is 923 g/mol. The van der Waals surface area contributed by atoms with E-state index in [0.717, 1.165) is 36.0 Å². The Labute approximate surface area is 391 Å². The van der Waals surface area contributed by atoms with Gasteiger partial charge in [0.2, 0.25) is 18.5 Å². The number of rotatable bonds is 20. The van der Waals surface area contributed by atoms with Gasteiger partial charge in [0, 0.05) is 62.4 Å². The number of oxime groups is 1. The molecule has 0 radical (unpaired) electrons. The van der Waals surface area contributed by atoms with Crippen LogP contribution in [0.2, 0.25) is 0 Å². The molecule has 4 aliphatic rings. The zero-order chi connectivity index (χ0) is 47.7. The van der Waals surface area contributed by atoms with Gasteiger partial charge in [0.15, 0.2) is 11.5 Å². The molecule has 1 saturated carbocycles. The minimum atomic E-state index is -1.58. The number of nitro groups is 1. The fraction of sp³-hybridized carbons (Fsp3) is 0.471. The van der Waals surface area contributed by atoms with Crippen LogP contribution in [-0.2, 0) is 20.9 Å². The highest BCUT2D eigenvalue weighted by molar-refractivity contribution is 6.03. The molecular formula is C51H62N4O12. The molecule has 1 fully saturated rings. The molecule has 16 nitrogen and oxygen atoms in total. The summed E-state index contributed by atoms with van der Waals surface area (Å²) in [5, 5.41) is 39.0. The van der Waals surface area contributed by atoms with Crippen molar-refractivity contribution in [2.24, 2.45) is 22.9 Å². The van der Waals surface area contributed by atoms with Gasteiger partial charge in [0.1, 0.15) is 23.1 Å². The lowest BCUT2D eigenvalue weighted by atomic mass is 9.55. The van der Waals surface area contributed by atoms with Gasteiger partial charge in [-0.2, -0.15) is 0 Å². The van der Waals surface area contributed by atoms with Crippen molar-refractivity contribution in [2.75, 3.05) is 33.2 Å². The molecule has 2 amide bonds. The van der Waals surface area contributed by atoms with Crippen LogP contribution < -0.4 is 24.3 Å². The number of aliphatic hydroxyl groups excluding tert-OH is 2. The molecule has 2 heterocycles. The third-order valence-electron chi connectivity index (χ3n) is 12.6. The largest absolute Gasteiger partial charge is 0.459 e. The number of ether oxygens (including phenoxy) is 5. The second-order valence-corrected chi connectivity index (χ2v) is 18.2. The highest BCUT2D eigenvalue weighted by atomic mass is 16.7. The molecule has 2 aliphatic heterocycles. The normalized spacial score (nSPS) is 23.1. The van der Waals surface area contributed by atoms with E-state index in [2.05, 4.69) is 18.0 Å². The van der Waals surface area contributed by atoms with Crippen LogP contribution >= 0.6 is 0 Å². The number of nitrogens with zero attached hydrogens (tertiary/aromatic N) is 3. The van der Waals surface area contributed by atoms with Crippen LogP contribution in [0.5, 0.6) is 23.0 Å². The number of non-ortho nitro benzene ring substituents is 1. The summed E-state index contributed by atoms with van der Waals surface area (Å²) in [5.41, 5.74) is 2.80. The topological polar surface area (TPSA) is 201 Å². The summed E-state index contributed by atoms with van der Waals surface area (Å²) in [4.78, 5) is 47.0. The number of nitro benzene ring substituents is 1. The van der Waals surface area contributed by atoms with Crippen LogP contribution in [0.3, 0.4) is 0 Å². The Balaban J connectivity index is 1.46. The molecule has 0 aromatic heterocycles. The fourth-order valence-corrected chi connectivity index (χ4v) is 9.74. The number of hydrogen-bond donors (Lipinski definition) is 3. The average Bonchev–Trinajstić information content (AvgIpc) is 3.78. The number of allylic oxidation sites excluding steroid dienone is 1. The minimum absolute atomic E-state index is 0.0232. The molecule has 6 atom stereocenters. The van der Waals surface area contributed by atoms with Gasteiger partial charge in [0.05, 0.1) is 23.2 Å². The van der Waals surface area contributed by atoms with Gasteiger partial charge in [-0.05, 0) is 130 Å². The predicted molar refractivity (Wildman–Crippen MR) is 251 cm³/mol. The molecule has 7 rings (SSSR count). The van der Waals surface area contributed by atoms with E-state index < -0.39 is 40.3 Å². The van der Waals surface area contributed by atoms with Crippen LogP contribution in [0, 0.1) is 27.9 Å². The summed E-state index contributed by atoms with van der Waals surface area (Å²) in [6.07, 6.45) is 10.6. The lowest BCUT2D eigenvalue weighted by Crippen LogP contribution is -2.70.